The number of halogens is 1. The standard InChI is InChI=1S/C22H23ClN4O3/c1-13-24-21(27-30-13)22(2,3)26-20(28)17-9-10-18(29-12-14-7-8-14)19(25-17)15-5-4-6-16(23)11-15/h4-6,9-11,14H,7-8,12H2,1-3H3,(H,26,28). The Morgan fingerprint density at radius 1 is 1.27 bits per heavy atom. The molecule has 8 heteroatoms. The number of benzene rings is 1. The summed E-state index contributed by atoms with van der Waals surface area (Å²) in [6.07, 6.45) is 2.37. The first-order valence-electron chi connectivity index (χ1n) is 9.85. The molecule has 2 aromatic heterocycles. The SMILES string of the molecule is Cc1nc(C(C)(C)NC(=O)c2ccc(OCC3CC3)c(-c3cccc(Cl)c3)n2)no1. The largest absolute Gasteiger partial charge is 0.491 e. The number of hydrogen-bond acceptors (Lipinski definition) is 6. The highest BCUT2D eigenvalue weighted by molar-refractivity contribution is 6.30. The summed E-state index contributed by atoms with van der Waals surface area (Å²) < 4.78 is 11.0. The molecule has 1 aromatic carbocycles. The normalized spacial score (nSPS) is 13.9. The number of nitrogens with one attached hydrogen (secondary N) is 1. The number of ether oxygens (including phenoxy) is 1. The van der Waals surface area contributed by atoms with Crippen molar-refractivity contribution in [2.24, 2.45) is 5.92 Å². The highest BCUT2D eigenvalue weighted by Crippen LogP contribution is 2.34. The number of aryl methyl sites for hydroxylation is 1. The Kier molecular flexibility index (Phi) is 5.47. The summed E-state index contributed by atoms with van der Waals surface area (Å²) in [4.78, 5) is 21.8. The highest BCUT2D eigenvalue weighted by Gasteiger charge is 2.29. The molecule has 0 aliphatic heterocycles. The summed E-state index contributed by atoms with van der Waals surface area (Å²) in [5, 5.41) is 7.42. The van der Waals surface area contributed by atoms with Crippen molar-refractivity contribution in [3.05, 3.63) is 58.8 Å². The minimum atomic E-state index is -0.826. The quantitative estimate of drug-likeness (QED) is 0.596. The van der Waals surface area contributed by atoms with Crippen molar-refractivity contribution in [3.63, 3.8) is 0 Å². The van der Waals surface area contributed by atoms with Gasteiger partial charge in [0.25, 0.3) is 5.91 Å². The van der Waals surface area contributed by atoms with Crippen LogP contribution in [0.15, 0.2) is 40.9 Å². The summed E-state index contributed by atoms with van der Waals surface area (Å²) >= 11 is 6.17. The number of carbonyl (C=O) groups excluding carboxylic acids is 1. The summed E-state index contributed by atoms with van der Waals surface area (Å²) in [5.41, 5.74) is 0.806. The van der Waals surface area contributed by atoms with Crippen LogP contribution in [0.2, 0.25) is 5.02 Å². The number of pyridine rings is 1. The molecule has 0 spiro atoms. The molecule has 1 saturated carbocycles. The number of rotatable bonds is 7. The molecule has 1 aliphatic carbocycles. The Morgan fingerprint density at radius 2 is 2.07 bits per heavy atom. The van der Waals surface area contributed by atoms with E-state index in [-0.39, 0.29) is 11.6 Å². The van der Waals surface area contributed by atoms with Crippen LogP contribution in [-0.2, 0) is 5.54 Å². The van der Waals surface area contributed by atoms with E-state index < -0.39 is 5.54 Å². The Bertz CT molecular complexity index is 1080. The third kappa shape index (κ3) is 4.62. The van der Waals surface area contributed by atoms with Crippen molar-refractivity contribution >= 4 is 17.5 Å². The van der Waals surface area contributed by atoms with Gasteiger partial charge < -0.3 is 14.6 Å². The Balaban J connectivity index is 1.62. The van der Waals surface area contributed by atoms with Gasteiger partial charge in [-0.3, -0.25) is 4.79 Å². The summed E-state index contributed by atoms with van der Waals surface area (Å²) in [5.74, 6) is 1.71. The number of amides is 1. The van der Waals surface area contributed by atoms with E-state index in [0.29, 0.717) is 40.7 Å². The second-order valence-electron chi connectivity index (χ2n) is 8.02. The lowest BCUT2D eigenvalue weighted by molar-refractivity contribution is 0.0902. The molecule has 0 bridgehead atoms. The number of carbonyl (C=O) groups is 1. The van der Waals surface area contributed by atoms with Crippen LogP contribution in [0.4, 0.5) is 0 Å². The van der Waals surface area contributed by atoms with E-state index in [9.17, 15) is 4.79 Å². The average molecular weight is 427 g/mol. The van der Waals surface area contributed by atoms with Crippen LogP contribution in [0, 0.1) is 12.8 Å². The first-order chi connectivity index (χ1) is 14.3. The van der Waals surface area contributed by atoms with Crippen molar-refractivity contribution in [2.45, 2.75) is 39.2 Å². The third-order valence-corrected chi connectivity index (χ3v) is 5.11. The molecule has 2 heterocycles. The lowest BCUT2D eigenvalue weighted by Gasteiger charge is -2.22. The van der Waals surface area contributed by atoms with Crippen molar-refractivity contribution in [1.29, 1.82) is 0 Å². The maximum Gasteiger partial charge on any atom is 0.270 e. The number of aromatic nitrogens is 3. The van der Waals surface area contributed by atoms with Crippen LogP contribution < -0.4 is 10.1 Å². The molecule has 0 atom stereocenters. The van der Waals surface area contributed by atoms with E-state index in [1.807, 2.05) is 18.2 Å². The van der Waals surface area contributed by atoms with Gasteiger partial charge in [0, 0.05) is 17.5 Å². The fourth-order valence-electron chi connectivity index (χ4n) is 2.98. The molecule has 0 radical (unpaired) electrons. The Morgan fingerprint density at radius 3 is 2.73 bits per heavy atom. The van der Waals surface area contributed by atoms with Crippen LogP contribution in [0.3, 0.4) is 0 Å². The number of hydrogen-bond donors (Lipinski definition) is 1. The second kappa shape index (κ2) is 8.07. The van der Waals surface area contributed by atoms with E-state index in [1.165, 1.54) is 12.8 Å². The first-order valence-corrected chi connectivity index (χ1v) is 10.2. The smallest absolute Gasteiger partial charge is 0.270 e. The van der Waals surface area contributed by atoms with Gasteiger partial charge in [0.2, 0.25) is 5.89 Å². The monoisotopic (exact) mass is 426 g/mol. The predicted molar refractivity (Wildman–Crippen MR) is 112 cm³/mol. The topological polar surface area (TPSA) is 90.1 Å². The van der Waals surface area contributed by atoms with E-state index in [1.54, 1.807) is 39.0 Å². The molecule has 1 aliphatic rings. The Labute approximate surface area is 179 Å². The molecule has 0 unspecified atom stereocenters. The van der Waals surface area contributed by atoms with Gasteiger partial charge in [-0.2, -0.15) is 4.98 Å². The van der Waals surface area contributed by atoms with Crippen molar-refractivity contribution in [1.82, 2.24) is 20.4 Å². The van der Waals surface area contributed by atoms with Gasteiger partial charge in [0.1, 0.15) is 17.1 Å². The van der Waals surface area contributed by atoms with Crippen LogP contribution in [-0.4, -0.2) is 27.6 Å². The second-order valence-corrected chi connectivity index (χ2v) is 8.46. The van der Waals surface area contributed by atoms with Gasteiger partial charge in [0.15, 0.2) is 5.82 Å². The number of nitrogens with zero attached hydrogens (tertiary/aromatic N) is 3. The molecule has 0 saturated heterocycles. The van der Waals surface area contributed by atoms with Crippen molar-refractivity contribution in [3.8, 4) is 17.0 Å². The average Bonchev–Trinajstić information content (AvgIpc) is 3.43. The maximum absolute atomic E-state index is 13.0. The van der Waals surface area contributed by atoms with Crippen LogP contribution in [0.25, 0.3) is 11.3 Å². The molecule has 4 rings (SSSR count). The van der Waals surface area contributed by atoms with Crippen LogP contribution in [0.1, 0.15) is 48.9 Å². The minimum absolute atomic E-state index is 0.261. The fraction of sp³-hybridized carbons (Fsp3) is 0.364. The zero-order chi connectivity index (χ0) is 21.3. The minimum Gasteiger partial charge on any atom is -0.491 e. The maximum atomic E-state index is 13.0. The molecule has 7 nitrogen and oxygen atoms in total. The molecule has 1 fully saturated rings. The molecule has 30 heavy (non-hydrogen) atoms. The lowest BCUT2D eigenvalue weighted by Crippen LogP contribution is -2.42. The van der Waals surface area contributed by atoms with Crippen LogP contribution in [0.5, 0.6) is 5.75 Å². The molecule has 3 aromatic rings. The van der Waals surface area contributed by atoms with Gasteiger partial charge in [-0.05, 0) is 56.9 Å². The molecule has 1 N–H and O–H groups in total. The molecular weight excluding hydrogens is 404 g/mol. The first kappa shape index (κ1) is 20.3. The van der Waals surface area contributed by atoms with Crippen molar-refractivity contribution < 1.29 is 14.1 Å². The van der Waals surface area contributed by atoms with Gasteiger partial charge in [-0.1, -0.05) is 28.9 Å². The van der Waals surface area contributed by atoms with Gasteiger partial charge >= 0.3 is 0 Å². The lowest BCUT2D eigenvalue weighted by atomic mass is 10.0. The van der Waals surface area contributed by atoms with E-state index in [0.717, 1.165) is 5.56 Å². The summed E-state index contributed by atoms with van der Waals surface area (Å²) in [6.45, 7) is 5.96. The summed E-state index contributed by atoms with van der Waals surface area (Å²) in [6, 6.07) is 10.8. The molecule has 156 valence electrons. The van der Waals surface area contributed by atoms with Gasteiger partial charge in [-0.15, -0.1) is 0 Å². The highest BCUT2D eigenvalue weighted by atomic mass is 35.5. The predicted octanol–water partition coefficient (Wildman–Crippen LogP) is 4.55. The fourth-order valence-corrected chi connectivity index (χ4v) is 3.17. The summed E-state index contributed by atoms with van der Waals surface area (Å²) in [7, 11) is 0. The zero-order valence-corrected chi connectivity index (χ0v) is 17.9. The molecule has 1 amide bonds. The van der Waals surface area contributed by atoms with Crippen LogP contribution >= 0.6 is 11.6 Å². The Hall–Kier alpha value is -2.93. The van der Waals surface area contributed by atoms with E-state index in [2.05, 4.69) is 20.4 Å². The third-order valence-electron chi connectivity index (χ3n) is 4.87. The van der Waals surface area contributed by atoms with E-state index in [4.69, 9.17) is 20.9 Å². The van der Waals surface area contributed by atoms with E-state index >= 15 is 0 Å². The zero-order valence-electron chi connectivity index (χ0n) is 17.1. The van der Waals surface area contributed by atoms with Gasteiger partial charge in [-0.25, -0.2) is 4.98 Å². The van der Waals surface area contributed by atoms with Gasteiger partial charge in [0.05, 0.1) is 12.1 Å². The molecular formula is C22H23ClN4O3. The van der Waals surface area contributed by atoms with Crippen molar-refractivity contribution in [2.75, 3.05) is 6.61 Å².